The molecule has 8 heteroatoms. The summed E-state index contributed by atoms with van der Waals surface area (Å²) in [4.78, 5) is 17.2. The molecule has 0 saturated carbocycles. The van der Waals surface area contributed by atoms with Crippen molar-refractivity contribution >= 4 is 27.5 Å². The van der Waals surface area contributed by atoms with Crippen LogP contribution in [0.5, 0.6) is 28.9 Å². The number of methoxy groups -OCH3 is 2. The van der Waals surface area contributed by atoms with Gasteiger partial charge < -0.3 is 24.3 Å². The lowest BCUT2D eigenvalue weighted by molar-refractivity contribution is 0.102. The Balaban J connectivity index is 1.81. The summed E-state index contributed by atoms with van der Waals surface area (Å²) in [5.41, 5.74) is 0.830. The van der Waals surface area contributed by atoms with E-state index in [9.17, 15) is 4.79 Å². The predicted octanol–water partition coefficient (Wildman–Crippen LogP) is 5.69. The van der Waals surface area contributed by atoms with E-state index in [0.29, 0.717) is 45.3 Å². The molecule has 7 nitrogen and oxygen atoms in total. The summed E-state index contributed by atoms with van der Waals surface area (Å²) >= 11 is 3.46. The maximum absolute atomic E-state index is 12.9. The van der Waals surface area contributed by atoms with Gasteiger partial charge in [0, 0.05) is 11.8 Å². The number of rotatable bonds is 9. The number of pyridine rings is 1. The van der Waals surface area contributed by atoms with Gasteiger partial charge in [-0.3, -0.25) is 4.79 Å². The number of nitrogens with one attached hydrogen (secondary N) is 1. The molecule has 0 aliphatic heterocycles. The Labute approximate surface area is 189 Å². The summed E-state index contributed by atoms with van der Waals surface area (Å²) in [6, 6.07) is 13.8. The van der Waals surface area contributed by atoms with E-state index in [4.69, 9.17) is 18.9 Å². The van der Waals surface area contributed by atoms with Gasteiger partial charge in [0.25, 0.3) is 5.91 Å². The monoisotopic (exact) mass is 486 g/mol. The number of halogens is 1. The molecule has 0 aliphatic carbocycles. The number of aromatic nitrogens is 1. The second-order valence-corrected chi connectivity index (χ2v) is 7.28. The van der Waals surface area contributed by atoms with Crippen molar-refractivity contribution in [1.29, 1.82) is 0 Å². The minimum atomic E-state index is -0.339. The van der Waals surface area contributed by atoms with Crippen molar-refractivity contribution < 1.29 is 23.7 Å². The fraction of sp³-hybridized carbons (Fsp3) is 0.217. The highest BCUT2D eigenvalue weighted by molar-refractivity contribution is 9.10. The standard InChI is InChI=1S/C23H23BrN2O5/c1-4-12-30-21-18(24)13-15(14-20(21)29-3)22(27)26-19-6-5-11-25-23(19)31-17-9-7-16(28-2)8-10-17/h5-11,13-14H,4,12H2,1-3H3,(H,26,27). The number of benzene rings is 2. The van der Waals surface area contributed by atoms with Crippen LogP contribution in [0.2, 0.25) is 0 Å². The normalized spacial score (nSPS) is 10.3. The average molecular weight is 487 g/mol. The second kappa shape index (κ2) is 10.7. The molecular weight excluding hydrogens is 464 g/mol. The Kier molecular flexibility index (Phi) is 7.72. The number of hydrogen-bond acceptors (Lipinski definition) is 6. The fourth-order valence-electron chi connectivity index (χ4n) is 2.71. The van der Waals surface area contributed by atoms with Crippen LogP contribution in [0.1, 0.15) is 23.7 Å². The van der Waals surface area contributed by atoms with E-state index in [1.807, 2.05) is 6.92 Å². The number of carbonyl (C=O) groups is 1. The van der Waals surface area contributed by atoms with Crippen LogP contribution in [0.3, 0.4) is 0 Å². The Morgan fingerprint density at radius 2 is 1.81 bits per heavy atom. The summed E-state index contributed by atoms with van der Waals surface area (Å²) in [5.74, 6) is 2.24. The molecule has 3 aromatic rings. The van der Waals surface area contributed by atoms with Gasteiger partial charge in [0.1, 0.15) is 17.2 Å². The Hall–Kier alpha value is -3.26. The zero-order valence-corrected chi connectivity index (χ0v) is 19.1. The number of anilines is 1. The quantitative estimate of drug-likeness (QED) is 0.418. The van der Waals surface area contributed by atoms with Gasteiger partial charge in [-0.15, -0.1) is 0 Å². The molecule has 2 aromatic carbocycles. The minimum Gasteiger partial charge on any atom is -0.497 e. The molecule has 1 N–H and O–H groups in total. The molecule has 0 bridgehead atoms. The summed E-state index contributed by atoms with van der Waals surface area (Å²) in [6.07, 6.45) is 2.45. The Morgan fingerprint density at radius 1 is 1.06 bits per heavy atom. The highest BCUT2D eigenvalue weighted by Gasteiger charge is 2.17. The predicted molar refractivity (Wildman–Crippen MR) is 122 cm³/mol. The van der Waals surface area contributed by atoms with Gasteiger partial charge in [-0.25, -0.2) is 4.98 Å². The van der Waals surface area contributed by atoms with Gasteiger partial charge in [0.2, 0.25) is 5.88 Å². The van der Waals surface area contributed by atoms with Crippen molar-refractivity contribution in [2.45, 2.75) is 13.3 Å². The zero-order chi connectivity index (χ0) is 22.2. The van der Waals surface area contributed by atoms with Gasteiger partial charge in [-0.05, 0) is 70.9 Å². The Morgan fingerprint density at radius 3 is 2.48 bits per heavy atom. The second-order valence-electron chi connectivity index (χ2n) is 6.43. The van der Waals surface area contributed by atoms with E-state index in [2.05, 4.69) is 26.2 Å². The van der Waals surface area contributed by atoms with Crippen molar-refractivity contribution in [2.75, 3.05) is 26.1 Å². The van der Waals surface area contributed by atoms with Crippen molar-refractivity contribution in [1.82, 2.24) is 4.98 Å². The number of nitrogens with zero attached hydrogens (tertiary/aromatic N) is 1. The first-order valence-corrected chi connectivity index (χ1v) is 10.4. The van der Waals surface area contributed by atoms with Gasteiger partial charge in [0.15, 0.2) is 11.5 Å². The SMILES string of the molecule is CCCOc1c(Br)cc(C(=O)Nc2cccnc2Oc2ccc(OC)cc2)cc1OC. The van der Waals surface area contributed by atoms with E-state index < -0.39 is 0 Å². The summed E-state index contributed by atoms with van der Waals surface area (Å²) in [6.45, 7) is 2.56. The number of carbonyl (C=O) groups excluding carboxylic acids is 1. The summed E-state index contributed by atoms with van der Waals surface area (Å²) in [7, 11) is 3.13. The van der Waals surface area contributed by atoms with E-state index >= 15 is 0 Å². The summed E-state index contributed by atoms with van der Waals surface area (Å²) < 4.78 is 22.7. The topological polar surface area (TPSA) is 78.9 Å². The van der Waals surface area contributed by atoms with Crippen molar-refractivity contribution in [2.24, 2.45) is 0 Å². The molecule has 0 atom stereocenters. The summed E-state index contributed by atoms with van der Waals surface area (Å²) in [5, 5.41) is 2.84. The van der Waals surface area contributed by atoms with E-state index in [-0.39, 0.29) is 11.8 Å². The number of hydrogen-bond donors (Lipinski definition) is 1. The van der Waals surface area contributed by atoms with Gasteiger partial charge >= 0.3 is 0 Å². The van der Waals surface area contributed by atoms with Crippen molar-refractivity contribution in [3.63, 3.8) is 0 Å². The maximum Gasteiger partial charge on any atom is 0.255 e. The van der Waals surface area contributed by atoms with Crippen LogP contribution in [0.25, 0.3) is 0 Å². The lowest BCUT2D eigenvalue weighted by Gasteiger charge is -2.15. The minimum absolute atomic E-state index is 0.273. The lowest BCUT2D eigenvalue weighted by Crippen LogP contribution is -2.13. The molecule has 162 valence electrons. The fourth-order valence-corrected chi connectivity index (χ4v) is 3.27. The maximum atomic E-state index is 12.9. The third-order valence-corrected chi connectivity index (χ3v) is 4.82. The molecule has 31 heavy (non-hydrogen) atoms. The largest absolute Gasteiger partial charge is 0.497 e. The van der Waals surface area contributed by atoms with Crippen LogP contribution >= 0.6 is 15.9 Å². The lowest BCUT2D eigenvalue weighted by atomic mass is 10.2. The first-order valence-electron chi connectivity index (χ1n) is 9.64. The van der Waals surface area contributed by atoms with Crippen LogP contribution in [-0.4, -0.2) is 31.7 Å². The number of amides is 1. The number of ether oxygens (including phenoxy) is 4. The molecule has 0 unspecified atom stereocenters. The smallest absolute Gasteiger partial charge is 0.255 e. The highest BCUT2D eigenvalue weighted by Crippen LogP contribution is 2.37. The van der Waals surface area contributed by atoms with E-state index in [1.54, 1.807) is 61.8 Å². The molecule has 0 spiro atoms. The van der Waals surface area contributed by atoms with Crippen LogP contribution in [0.4, 0.5) is 5.69 Å². The van der Waals surface area contributed by atoms with Crippen molar-refractivity contribution in [3.8, 4) is 28.9 Å². The highest BCUT2D eigenvalue weighted by atomic mass is 79.9. The molecule has 1 heterocycles. The third-order valence-electron chi connectivity index (χ3n) is 4.24. The molecule has 0 saturated heterocycles. The van der Waals surface area contributed by atoms with E-state index in [1.165, 1.54) is 7.11 Å². The van der Waals surface area contributed by atoms with E-state index in [0.717, 1.165) is 6.42 Å². The van der Waals surface area contributed by atoms with Gasteiger partial charge in [-0.2, -0.15) is 0 Å². The van der Waals surface area contributed by atoms with Crippen LogP contribution < -0.4 is 24.3 Å². The molecule has 0 aliphatic rings. The van der Waals surface area contributed by atoms with Crippen molar-refractivity contribution in [3.05, 3.63) is 64.8 Å². The first-order chi connectivity index (χ1) is 15.0. The van der Waals surface area contributed by atoms with Gasteiger partial charge in [0.05, 0.1) is 25.3 Å². The molecule has 0 radical (unpaired) electrons. The average Bonchev–Trinajstić information content (AvgIpc) is 2.79. The molecule has 3 rings (SSSR count). The van der Waals surface area contributed by atoms with Crippen LogP contribution in [-0.2, 0) is 0 Å². The Bertz CT molecular complexity index is 1040. The molecular formula is C23H23BrN2O5. The third kappa shape index (κ3) is 5.67. The molecule has 1 amide bonds. The molecule has 0 fully saturated rings. The van der Waals surface area contributed by atoms with Gasteiger partial charge in [-0.1, -0.05) is 6.92 Å². The first kappa shape index (κ1) is 22.4. The molecule has 1 aromatic heterocycles. The van der Waals surface area contributed by atoms with Crippen LogP contribution in [0.15, 0.2) is 59.2 Å². The zero-order valence-electron chi connectivity index (χ0n) is 17.5. The van der Waals surface area contributed by atoms with Crippen LogP contribution in [0, 0.1) is 0 Å².